The van der Waals surface area contributed by atoms with E-state index in [4.69, 9.17) is 8.92 Å². The molecular weight excluding hydrogens is 623 g/mol. The van der Waals surface area contributed by atoms with E-state index >= 15 is 0 Å². The molecule has 0 aromatic heterocycles. The molecule has 0 aliphatic carbocycles. The van der Waals surface area contributed by atoms with Crippen LogP contribution in [0, 0.1) is 17.4 Å². The number of para-hydroxylation sites is 1. The second-order valence-corrected chi connectivity index (χ2v) is 11.1. The van der Waals surface area contributed by atoms with E-state index in [1.54, 1.807) is 56.3 Å². The number of halogens is 1. The molecule has 1 saturated heterocycles. The van der Waals surface area contributed by atoms with Crippen molar-refractivity contribution in [3.63, 3.8) is 0 Å². The van der Waals surface area contributed by atoms with Gasteiger partial charge in [0.05, 0.1) is 15.9 Å². The molecule has 0 spiro atoms. The summed E-state index contributed by atoms with van der Waals surface area (Å²) in [5.41, 5.74) is 2.02. The third kappa shape index (κ3) is 5.58. The summed E-state index contributed by atoms with van der Waals surface area (Å²) in [5.74, 6) is -1.55. The van der Waals surface area contributed by atoms with E-state index in [9.17, 15) is 22.8 Å². The molecule has 0 unspecified atom stereocenters. The molecule has 1 heterocycles. The van der Waals surface area contributed by atoms with Crippen LogP contribution in [0.25, 0.3) is 6.08 Å². The van der Waals surface area contributed by atoms with Gasteiger partial charge in [0.25, 0.3) is 11.8 Å². The van der Waals surface area contributed by atoms with E-state index in [2.05, 4.69) is 5.32 Å². The Bertz CT molecular complexity index is 1580. The van der Waals surface area contributed by atoms with Crippen molar-refractivity contribution < 1.29 is 31.7 Å². The van der Waals surface area contributed by atoms with Gasteiger partial charge in [-0.25, -0.2) is 9.69 Å². The average Bonchev–Trinajstić information content (AvgIpc) is 2.85. The standard InChI is InChI=1S/C27H23IN2O7S/c1-4-36-23-15-18(14-21(28)24(23)37-38(34,35)19-11-9-16(2)10-12-19)13-20-25(31)29-27(33)30(26(20)32)22-8-6-5-7-17(22)3/h5-15H,4H2,1-3H3,(H,29,31,33)/b20-13+. The van der Waals surface area contributed by atoms with Crippen molar-refractivity contribution in [2.75, 3.05) is 11.5 Å². The van der Waals surface area contributed by atoms with Gasteiger partial charge in [0, 0.05) is 0 Å². The lowest BCUT2D eigenvalue weighted by molar-refractivity contribution is -0.122. The van der Waals surface area contributed by atoms with Crippen LogP contribution in [0.1, 0.15) is 23.6 Å². The van der Waals surface area contributed by atoms with E-state index in [0.717, 1.165) is 10.5 Å². The Morgan fingerprint density at radius 1 is 1.00 bits per heavy atom. The van der Waals surface area contributed by atoms with Crippen LogP contribution in [0.3, 0.4) is 0 Å². The van der Waals surface area contributed by atoms with Crippen LogP contribution >= 0.6 is 22.6 Å². The lowest BCUT2D eigenvalue weighted by atomic mass is 10.1. The Labute approximate surface area is 233 Å². The van der Waals surface area contributed by atoms with Gasteiger partial charge in [-0.15, -0.1) is 0 Å². The molecule has 0 saturated carbocycles. The number of benzene rings is 3. The summed E-state index contributed by atoms with van der Waals surface area (Å²) in [6, 6.07) is 15.2. The van der Waals surface area contributed by atoms with E-state index < -0.39 is 28.0 Å². The van der Waals surface area contributed by atoms with Gasteiger partial charge in [0.15, 0.2) is 11.5 Å². The Morgan fingerprint density at radius 3 is 2.34 bits per heavy atom. The first-order valence-corrected chi connectivity index (χ1v) is 13.9. The quantitative estimate of drug-likeness (QED) is 0.171. The lowest BCUT2D eigenvalue weighted by Gasteiger charge is -2.27. The fourth-order valence-electron chi connectivity index (χ4n) is 3.74. The number of aryl methyl sites for hydroxylation is 2. The Balaban J connectivity index is 1.73. The van der Waals surface area contributed by atoms with Gasteiger partial charge in [0.1, 0.15) is 10.5 Å². The van der Waals surface area contributed by atoms with Crippen molar-refractivity contribution in [2.24, 2.45) is 0 Å². The number of carbonyl (C=O) groups excluding carboxylic acids is 3. The minimum Gasteiger partial charge on any atom is -0.490 e. The van der Waals surface area contributed by atoms with Crippen LogP contribution in [0.2, 0.25) is 0 Å². The predicted molar refractivity (Wildman–Crippen MR) is 150 cm³/mol. The number of carbonyl (C=O) groups is 3. The molecule has 1 fully saturated rings. The van der Waals surface area contributed by atoms with E-state index in [-0.39, 0.29) is 28.6 Å². The third-order valence-electron chi connectivity index (χ3n) is 5.60. The zero-order valence-corrected chi connectivity index (χ0v) is 23.6. The van der Waals surface area contributed by atoms with Crippen LogP contribution in [0.4, 0.5) is 10.5 Å². The Hall–Kier alpha value is -3.71. The number of nitrogens with one attached hydrogen (secondary N) is 1. The number of ether oxygens (including phenoxy) is 1. The summed E-state index contributed by atoms with van der Waals surface area (Å²) in [6.45, 7) is 5.51. The van der Waals surface area contributed by atoms with Crippen molar-refractivity contribution >= 4 is 62.3 Å². The highest BCUT2D eigenvalue weighted by Crippen LogP contribution is 2.37. The highest BCUT2D eigenvalue weighted by molar-refractivity contribution is 14.1. The molecular formula is C27H23IN2O7S. The van der Waals surface area contributed by atoms with Crippen molar-refractivity contribution in [1.82, 2.24) is 5.32 Å². The second kappa shape index (κ2) is 11.0. The molecule has 1 aliphatic heterocycles. The van der Waals surface area contributed by atoms with E-state index in [1.807, 2.05) is 29.5 Å². The minimum atomic E-state index is -4.16. The molecule has 0 radical (unpaired) electrons. The number of hydrogen-bond acceptors (Lipinski definition) is 7. The van der Waals surface area contributed by atoms with Gasteiger partial charge in [-0.2, -0.15) is 8.42 Å². The average molecular weight is 646 g/mol. The summed E-state index contributed by atoms with van der Waals surface area (Å²) < 4.78 is 37.3. The molecule has 196 valence electrons. The van der Waals surface area contributed by atoms with E-state index in [0.29, 0.717) is 20.4 Å². The van der Waals surface area contributed by atoms with Gasteiger partial charge >= 0.3 is 16.1 Å². The summed E-state index contributed by atoms with van der Waals surface area (Å²) in [4.78, 5) is 39.3. The van der Waals surface area contributed by atoms with Crippen LogP contribution in [0.5, 0.6) is 11.5 Å². The monoisotopic (exact) mass is 646 g/mol. The van der Waals surface area contributed by atoms with Gasteiger partial charge in [-0.3, -0.25) is 14.9 Å². The SMILES string of the molecule is CCOc1cc(/C=C2\C(=O)NC(=O)N(c3ccccc3C)C2=O)cc(I)c1OS(=O)(=O)c1ccc(C)cc1. The van der Waals surface area contributed by atoms with Crippen LogP contribution in [-0.2, 0) is 19.7 Å². The highest BCUT2D eigenvalue weighted by Gasteiger charge is 2.37. The topological polar surface area (TPSA) is 119 Å². The van der Waals surface area contributed by atoms with Gasteiger partial charge in [-0.05, 0) is 90.9 Å². The summed E-state index contributed by atoms with van der Waals surface area (Å²) in [5, 5.41) is 2.20. The van der Waals surface area contributed by atoms with Gasteiger partial charge in [-0.1, -0.05) is 35.9 Å². The molecule has 3 aromatic rings. The number of hydrogen-bond donors (Lipinski definition) is 1. The van der Waals surface area contributed by atoms with Crippen LogP contribution in [-0.4, -0.2) is 32.9 Å². The highest BCUT2D eigenvalue weighted by atomic mass is 127. The number of rotatable bonds is 7. The van der Waals surface area contributed by atoms with Gasteiger partial charge in [0.2, 0.25) is 0 Å². The third-order valence-corrected chi connectivity index (χ3v) is 7.64. The fourth-order valence-corrected chi connectivity index (χ4v) is 5.58. The van der Waals surface area contributed by atoms with Crippen LogP contribution in [0.15, 0.2) is 71.1 Å². The number of nitrogens with zero attached hydrogens (tertiary/aromatic N) is 1. The fraction of sp³-hybridized carbons (Fsp3) is 0.148. The molecule has 1 N–H and O–H groups in total. The van der Waals surface area contributed by atoms with Crippen molar-refractivity contribution in [3.8, 4) is 11.5 Å². The molecule has 1 aliphatic rings. The molecule has 0 atom stereocenters. The first-order chi connectivity index (χ1) is 18.0. The van der Waals surface area contributed by atoms with E-state index in [1.165, 1.54) is 24.3 Å². The molecule has 4 rings (SSSR count). The molecule has 0 bridgehead atoms. The van der Waals surface area contributed by atoms with Crippen LogP contribution < -0.4 is 19.1 Å². The summed E-state index contributed by atoms with van der Waals surface area (Å²) in [7, 11) is -4.16. The number of imide groups is 2. The van der Waals surface area contributed by atoms with Crippen molar-refractivity contribution in [3.05, 3.63) is 86.5 Å². The number of barbiturate groups is 1. The van der Waals surface area contributed by atoms with Crippen molar-refractivity contribution in [2.45, 2.75) is 25.7 Å². The molecule has 3 aromatic carbocycles. The number of anilines is 1. The summed E-state index contributed by atoms with van der Waals surface area (Å²) in [6.07, 6.45) is 1.32. The molecule has 4 amide bonds. The molecule has 11 heteroatoms. The maximum absolute atomic E-state index is 13.3. The Kier molecular flexibility index (Phi) is 7.88. The van der Waals surface area contributed by atoms with Crippen molar-refractivity contribution in [1.29, 1.82) is 0 Å². The first-order valence-electron chi connectivity index (χ1n) is 11.5. The maximum Gasteiger partial charge on any atom is 0.339 e. The number of amides is 4. The largest absolute Gasteiger partial charge is 0.490 e. The zero-order chi connectivity index (χ0) is 27.6. The smallest absolute Gasteiger partial charge is 0.339 e. The minimum absolute atomic E-state index is 0.0158. The maximum atomic E-state index is 13.3. The molecule has 9 nitrogen and oxygen atoms in total. The Morgan fingerprint density at radius 2 is 1.68 bits per heavy atom. The second-order valence-electron chi connectivity index (χ2n) is 8.36. The normalized spacial score (nSPS) is 15.0. The lowest BCUT2D eigenvalue weighted by Crippen LogP contribution is -2.54. The molecule has 38 heavy (non-hydrogen) atoms. The summed E-state index contributed by atoms with van der Waals surface area (Å²) >= 11 is 1.89. The van der Waals surface area contributed by atoms with Gasteiger partial charge < -0.3 is 8.92 Å². The first kappa shape index (κ1) is 27.3. The zero-order valence-electron chi connectivity index (χ0n) is 20.6. The number of urea groups is 1. The predicted octanol–water partition coefficient (Wildman–Crippen LogP) is 4.74.